The van der Waals surface area contributed by atoms with Gasteiger partial charge in [-0.15, -0.1) is 0 Å². The molecule has 1 aromatic heterocycles. The molecule has 5 nitrogen and oxygen atoms in total. The van der Waals surface area contributed by atoms with Crippen molar-refractivity contribution in [2.24, 2.45) is 0 Å². The highest BCUT2D eigenvalue weighted by Crippen LogP contribution is 2.51. The second kappa shape index (κ2) is 12.2. The van der Waals surface area contributed by atoms with Gasteiger partial charge in [0.1, 0.15) is 6.04 Å². The lowest BCUT2D eigenvalue weighted by Gasteiger charge is -2.40. The van der Waals surface area contributed by atoms with Crippen LogP contribution in [0.25, 0.3) is 11.1 Å². The molecule has 1 atom stereocenters. The minimum atomic E-state index is -5.49. The Morgan fingerprint density at radius 2 is 1.37 bits per heavy atom. The van der Waals surface area contributed by atoms with Crippen LogP contribution >= 0.6 is 0 Å². The maximum atomic E-state index is 13.4. The summed E-state index contributed by atoms with van der Waals surface area (Å²) in [6.07, 6.45) is -7.56. The van der Waals surface area contributed by atoms with Crippen LogP contribution in [-0.2, 0) is 28.0 Å². The predicted molar refractivity (Wildman–Crippen MR) is 142 cm³/mol. The summed E-state index contributed by atoms with van der Waals surface area (Å²) in [6, 6.07) is 15.0. The van der Waals surface area contributed by atoms with Crippen LogP contribution in [0.5, 0.6) is 0 Å². The van der Waals surface area contributed by atoms with Crippen molar-refractivity contribution in [1.29, 1.82) is 0 Å². The SMILES string of the molecule is CCOC(=O)C1CN(Cc2ccc(-c3ccc(C(C)(C(F)(F)F)C(F)(F)F)cc3)cc2)CCN1Cc1ccncc1. The van der Waals surface area contributed by atoms with E-state index in [-0.39, 0.29) is 19.5 Å². The molecule has 1 aliphatic rings. The van der Waals surface area contributed by atoms with Gasteiger partial charge in [0.05, 0.1) is 6.61 Å². The van der Waals surface area contributed by atoms with Crippen LogP contribution in [0.1, 0.15) is 30.5 Å². The monoisotopic (exact) mass is 579 g/mol. The number of hydrogen-bond acceptors (Lipinski definition) is 5. The third-order valence-electron chi connectivity index (χ3n) is 7.56. The number of rotatable bonds is 8. The number of carbonyl (C=O) groups is 1. The summed E-state index contributed by atoms with van der Waals surface area (Å²) in [7, 11) is 0. The molecule has 0 radical (unpaired) electrons. The molecule has 41 heavy (non-hydrogen) atoms. The third-order valence-corrected chi connectivity index (χ3v) is 7.56. The Bertz CT molecular complexity index is 1280. The number of piperazine rings is 1. The van der Waals surface area contributed by atoms with Crippen LogP contribution in [0.3, 0.4) is 0 Å². The Morgan fingerprint density at radius 3 is 1.90 bits per heavy atom. The number of nitrogens with zero attached hydrogens (tertiary/aromatic N) is 3. The summed E-state index contributed by atoms with van der Waals surface area (Å²) in [5.74, 6) is -0.280. The lowest BCUT2D eigenvalue weighted by atomic mass is 9.80. The first-order valence-corrected chi connectivity index (χ1v) is 13.2. The fraction of sp³-hybridized carbons (Fsp3) is 0.400. The fourth-order valence-electron chi connectivity index (χ4n) is 4.94. The summed E-state index contributed by atoms with van der Waals surface area (Å²) in [5.41, 5.74) is -1.67. The molecule has 0 spiro atoms. The molecule has 1 aliphatic heterocycles. The molecular formula is C30H31F6N3O2. The Hall–Kier alpha value is -3.44. The molecular weight excluding hydrogens is 548 g/mol. The molecule has 0 amide bonds. The number of aromatic nitrogens is 1. The lowest BCUT2D eigenvalue weighted by Crippen LogP contribution is -2.56. The van der Waals surface area contributed by atoms with E-state index in [4.69, 9.17) is 4.74 Å². The highest BCUT2D eigenvalue weighted by atomic mass is 19.4. The smallest absolute Gasteiger partial charge is 0.406 e. The van der Waals surface area contributed by atoms with Gasteiger partial charge in [-0.05, 0) is 53.8 Å². The molecule has 11 heteroatoms. The molecule has 220 valence electrons. The van der Waals surface area contributed by atoms with Crippen LogP contribution in [0.2, 0.25) is 0 Å². The number of esters is 1. The average Bonchev–Trinajstić information content (AvgIpc) is 2.93. The highest BCUT2D eigenvalue weighted by Gasteiger charge is 2.68. The zero-order valence-corrected chi connectivity index (χ0v) is 22.7. The second-order valence-electron chi connectivity index (χ2n) is 10.2. The molecule has 0 saturated carbocycles. The molecule has 3 aromatic rings. The van der Waals surface area contributed by atoms with Gasteiger partial charge in [-0.1, -0.05) is 48.5 Å². The molecule has 4 rings (SSSR count). The molecule has 1 unspecified atom stereocenters. The first-order chi connectivity index (χ1) is 19.3. The minimum absolute atomic E-state index is 0.155. The number of ether oxygens (including phenoxy) is 1. The molecule has 1 fully saturated rings. The summed E-state index contributed by atoms with van der Waals surface area (Å²) in [6.45, 7) is 5.23. The van der Waals surface area contributed by atoms with E-state index in [2.05, 4.69) is 14.8 Å². The van der Waals surface area contributed by atoms with E-state index in [1.807, 2.05) is 24.3 Å². The molecule has 2 aromatic carbocycles. The first-order valence-electron chi connectivity index (χ1n) is 13.2. The van der Waals surface area contributed by atoms with E-state index in [9.17, 15) is 31.1 Å². The van der Waals surface area contributed by atoms with Gasteiger partial charge >= 0.3 is 18.3 Å². The number of hydrogen-bond donors (Lipinski definition) is 0. The Labute approximate surface area is 234 Å². The van der Waals surface area contributed by atoms with Crippen LogP contribution in [0, 0.1) is 0 Å². The van der Waals surface area contributed by atoms with Gasteiger partial charge in [0, 0.05) is 45.1 Å². The van der Waals surface area contributed by atoms with Gasteiger partial charge in [0.2, 0.25) is 0 Å². The van der Waals surface area contributed by atoms with Crippen LogP contribution in [0.15, 0.2) is 73.1 Å². The minimum Gasteiger partial charge on any atom is -0.465 e. The number of alkyl halides is 6. The summed E-state index contributed by atoms with van der Waals surface area (Å²) >= 11 is 0. The van der Waals surface area contributed by atoms with Crippen molar-refractivity contribution in [3.05, 3.63) is 89.7 Å². The van der Waals surface area contributed by atoms with E-state index in [1.54, 1.807) is 31.5 Å². The maximum absolute atomic E-state index is 13.4. The molecule has 0 aliphatic carbocycles. The van der Waals surface area contributed by atoms with Crippen molar-refractivity contribution in [3.63, 3.8) is 0 Å². The zero-order chi connectivity index (χ0) is 29.8. The van der Waals surface area contributed by atoms with Gasteiger partial charge in [0.15, 0.2) is 5.41 Å². The number of halogens is 6. The zero-order valence-electron chi connectivity index (χ0n) is 22.7. The van der Waals surface area contributed by atoms with Crippen LogP contribution in [0.4, 0.5) is 26.3 Å². The number of carbonyl (C=O) groups excluding carboxylic acids is 1. The number of pyridine rings is 1. The fourth-order valence-corrected chi connectivity index (χ4v) is 4.94. The van der Waals surface area contributed by atoms with Crippen molar-refractivity contribution < 1.29 is 35.9 Å². The van der Waals surface area contributed by atoms with E-state index in [0.717, 1.165) is 29.8 Å². The number of benzene rings is 2. The largest absolute Gasteiger partial charge is 0.465 e. The second-order valence-corrected chi connectivity index (χ2v) is 10.2. The van der Waals surface area contributed by atoms with Gasteiger partial charge in [-0.3, -0.25) is 19.6 Å². The van der Waals surface area contributed by atoms with Crippen molar-refractivity contribution in [2.75, 3.05) is 26.2 Å². The predicted octanol–water partition coefficient (Wildman–Crippen LogP) is 6.38. The van der Waals surface area contributed by atoms with Gasteiger partial charge in [-0.2, -0.15) is 26.3 Å². The van der Waals surface area contributed by atoms with Crippen molar-refractivity contribution in [2.45, 2.75) is 50.7 Å². The topological polar surface area (TPSA) is 45.7 Å². The first kappa shape index (κ1) is 30.5. The third kappa shape index (κ3) is 6.73. The normalized spacial score (nSPS) is 17.4. The molecule has 0 bridgehead atoms. The van der Waals surface area contributed by atoms with Crippen LogP contribution in [-0.4, -0.2) is 65.4 Å². The molecule has 2 heterocycles. The van der Waals surface area contributed by atoms with E-state index >= 15 is 0 Å². The Kier molecular flexibility index (Phi) is 9.08. The Balaban J connectivity index is 1.44. The van der Waals surface area contributed by atoms with Crippen molar-refractivity contribution in [3.8, 4) is 11.1 Å². The van der Waals surface area contributed by atoms with E-state index in [0.29, 0.717) is 37.3 Å². The molecule has 1 saturated heterocycles. The average molecular weight is 580 g/mol. The Morgan fingerprint density at radius 1 is 0.829 bits per heavy atom. The quantitative estimate of drug-likeness (QED) is 0.229. The highest BCUT2D eigenvalue weighted by molar-refractivity contribution is 5.76. The van der Waals surface area contributed by atoms with Gasteiger partial charge in [-0.25, -0.2) is 0 Å². The van der Waals surface area contributed by atoms with Crippen LogP contribution < -0.4 is 0 Å². The van der Waals surface area contributed by atoms with Crippen molar-refractivity contribution >= 4 is 5.97 Å². The summed E-state index contributed by atoms with van der Waals surface area (Å²) in [4.78, 5) is 21.1. The van der Waals surface area contributed by atoms with E-state index in [1.165, 1.54) is 12.1 Å². The standard InChI is InChI=1S/C30H31F6N3O2/c1-3-41-27(40)26-20-38(16-17-39(26)19-22-12-14-37-15-13-22)18-21-4-6-23(7-5-21)24-8-10-25(11-9-24)28(2,29(31,32)33)30(34,35)36/h4-15,26H,3,16-20H2,1-2H3. The van der Waals surface area contributed by atoms with E-state index < -0.39 is 29.4 Å². The maximum Gasteiger partial charge on any atom is 0.406 e. The van der Waals surface area contributed by atoms with Gasteiger partial charge < -0.3 is 4.74 Å². The summed E-state index contributed by atoms with van der Waals surface area (Å²) in [5, 5.41) is 0. The van der Waals surface area contributed by atoms with Gasteiger partial charge in [0.25, 0.3) is 0 Å². The molecule has 0 N–H and O–H groups in total. The lowest BCUT2D eigenvalue weighted by molar-refractivity contribution is -0.297. The van der Waals surface area contributed by atoms with Crippen molar-refractivity contribution in [1.82, 2.24) is 14.8 Å². The summed E-state index contributed by atoms with van der Waals surface area (Å²) < 4.78 is 85.8.